The molecule has 0 bridgehead atoms. The zero-order chi connectivity index (χ0) is 19.5. The van der Waals surface area contributed by atoms with Gasteiger partial charge in [-0.2, -0.15) is 0 Å². The Morgan fingerprint density at radius 3 is 2.21 bits per heavy atom. The lowest BCUT2D eigenvalue weighted by Crippen LogP contribution is -2.36. The molecule has 2 heterocycles. The second-order valence-electron chi connectivity index (χ2n) is 6.74. The molecule has 7 nitrogen and oxygen atoms in total. The normalized spacial score (nSPS) is 17.1. The summed E-state index contributed by atoms with van der Waals surface area (Å²) in [7, 11) is 0. The number of nitrogens with one attached hydrogen (secondary N) is 1. The van der Waals surface area contributed by atoms with E-state index in [0.717, 1.165) is 24.5 Å². The van der Waals surface area contributed by atoms with E-state index in [0.29, 0.717) is 24.5 Å². The summed E-state index contributed by atoms with van der Waals surface area (Å²) in [5, 5.41) is 2.96. The standard InChI is InChI=1S/C21H21N3O4/c25-19-9-10-20(26)24(19)16-7-5-15(6-8-16)21(27)22-17-3-1-2-4-18(17)23-11-13-28-14-12-23/h1-8H,9-14H2,(H,22,27). The van der Waals surface area contributed by atoms with E-state index in [1.807, 2.05) is 24.3 Å². The predicted octanol–water partition coefficient (Wildman–Crippen LogP) is 2.43. The Labute approximate surface area is 162 Å². The number of hydrogen-bond donors (Lipinski definition) is 1. The summed E-state index contributed by atoms with van der Waals surface area (Å²) >= 11 is 0. The van der Waals surface area contributed by atoms with Gasteiger partial charge in [0.2, 0.25) is 11.8 Å². The van der Waals surface area contributed by atoms with E-state index in [9.17, 15) is 14.4 Å². The lowest BCUT2D eigenvalue weighted by Gasteiger charge is -2.30. The van der Waals surface area contributed by atoms with Crippen LogP contribution in [0.15, 0.2) is 48.5 Å². The molecule has 2 aromatic carbocycles. The Hall–Kier alpha value is -3.19. The maximum absolute atomic E-state index is 12.7. The van der Waals surface area contributed by atoms with Gasteiger partial charge in [-0.25, -0.2) is 0 Å². The lowest BCUT2D eigenvalue weighted by molar-refractivity contribution is -0.121. The van der Waals surface area contributed by atoms with Gasteiger partial charge in [0.25, 0.3) is 5.91 Å². The van der Waals surface area contributed by atoms with Crippen molar-refractivity contribution in [3.05, 3.63) is 54.1 Å². The Kier molecular flexibility index (Phi) is 5.08. The number of amides is 3. The topological polar surface area (TPSA) is 79.0 Å². The number of benzene rings is 2. The monoisotopic (exact) mass is 379 g/mol. The van der Waals surface area contributed by atoms with Crippen LogP contribution in [0.25, 0.3) is 0 Å². The van der Waals surface area contributed by atoms with Gasteiger partial charge < -0.3 is 15.0 Å². The first kappa shape index (κ1) is 18.2. The molecule has 2 aromatic rings. The third kappa shape index (κ3) is 3.61. The summed E-state index contributed by atoms with van der Waals surface area (Å²) in [5.41, 5.74) is 2.66. The maximum Gasteiger partial charge on any atom is 0.255 e. The molecule has 3 amide bonds. The average Bonchev–Trinajstić information content (AvgIpc) is 3.07. The van der Waals surface area contributed by atoms with Gasteiger partial charge in [-0.05, 0) is 36.4 Å². The molecule has 2 fully saturated rings. The smallest absolute Gasteiger partial charge is 0.255 e. The number of rotatable bonds is 4. The van der Waals surface area contributed by atoms with E-state index in [1.54, 1.807) is 24.3 Å². The van der Waals surface area contributed by atoms with Gasteiger partial charge in [-0.15, -0.1) is 0 Å². The first-order valence-electron chi connectivity index (χ1n) is 9.32. The van der Waals surface area contributed by atoms with Crippen LogP contribution in [-0.4, -0.2) is 44.0 Å². The Morgan fingerprint density at radius 2 is 1.54 bits per heavy atom. The third-order valence-electron chi connectivity index (χ3n) is 4.94. The van der Waals surface area contributed by atoms with Gasteiger partial charge in [0.05, 0.1) is 30.3 Å². The molecule has 4 rings (SSSR count). The maximum atomic E-state index is 12.7. The van der Waals surface area contributed by atoms with E-state index < -0.39 is 0 Å². The highest BCUT2D eigenvalue weighted by atomic mass is 16.5. The van der Waals surface area contributed by atoms with Crippen molar-refractivity contribution in [3.8, 4) is 0 Å². The van der Waals surface area contributed by atoms with E-state index in [4.69, 9.17) is 4.74 Å². The molecule has 0 aromatic heterocycles. The van der Waals surface area contributed by atoms with Crippen LogP contribution in [0.2, 0.25) is 0 Å². The number of ether oxygens (including phenoxy) is 1. The van der Waals surface area contributed by atoms with E-state index in [1.165, 1.54) is 4.90 Å². The van der Waals surface area contributed by atoms with Crippen molar-refractivity contribution in [1.82, 2.24) is 0 Å². The van der Waals surface area contributed by atoms with Crippen molar-refractivity contribution in [3.63, 3.8) is 0 Å². The number of nitrogens with zero attached hydrogens (tertiary/aromatic N) is 2. The Balaban J connectivity index is 1.50. The molecule has 0 aliphatic carbocycles. The summed E-state index contributed by atoms with van der Waals surface area (Å²) < 4.78 is 5.40. The number of carbonyl (C=O) groups is 3. The minimum absolute atomic E-state index is 0.207. The van der Waals surface area contributed by atoms with Crippen molar-refractivity contribution in [2.45, 2.75) is 12.8 Å². The van der Waals surface area contributed by atoms with Crippen LogP contribution in [0.3, 0.4) is 0 Å². The first-order valence-corrected chi connectivity index (χ1v) is 9.32. The summed E-state index contributed by atoms with van der Waals surface area (Å²) in [6, 6.07) is 14.2. The van der Waals surface area contributed by atoms with Crippen molar-refractivity contribution in [2.75, 3.05) is 41.4 Å². The van der Waals surface area contributed by atoms with Gasteiger partial charge in [-0.3, -0.25) is 19.3 Å². The molecule has 0 radical (unpaired) electrons. The van der Waals surface area contributed by atoms with Gasteiger partial charge in [0.15, 0.2) is 0 Å². The van der Waals surface area contributed by atoms with Crippen molar-refractivity contribution in [2.24, 2.45) is 0 Å². The lowest BCUT2D eigenvalue weighted by atomic mass is 10.1. The fraction of sp³-hybridized carbons (Fsp3) is 0.286. The van der Waals surface area contributed by atoms with E-state index in [2.05, 4.69) is 10.2 Å². The molecule has 2 saturated heterocycles. The highest BCUT2D eigenvalue weighted by molar-refractivity contribution is 6.20. The molecular weight excluding hydrogens is 358 g/mol. The second-order valence-corrected chi connectivity index (χ2v) is 6.74. The average molecular weight is 379 g/mol. The van der Waals surface area contributed by atoms with Crippen LogP contribution in [0.4, 0.5) is 17.1 Å². The molecule has 7 heteroatoms. The molecule has 2 aliphatic heterocycles. The number of para-hydroxylation sites is 2. The van der Waals surface area contributed by atoms with Crippen LogP contribution in [-0.2, 0) is 14.3 Å². The fourth-order valence-corrected chi connectivity index (χ4v) is 3.48. The molecule has 1 N–H and O–H groups in total. The largest absolute Gasteiger partial charge is 0.378 e. The molecule has 0 unspecified atom stereocenters. The Morgan fingerprint density at radius 1 is 0.893 bits per heavy atom. The van der Waals surface area contributed by atoms with Crippen molar-refractivity contribution in [1.29, 1.82) is 0 Å². The SMILES string of the molecule is O=C(Nc1ccccc1N1CCOCC1)c1ccc(N2C(=O)CCC2=O)cc1. The van der Waals surface area contributed by atoms with Gasteiger partial charge in [-0.1, -0.05) is 12.1 Å². The third-order valence-corrected chi connectivity index (χ3v) is 4.94. The summed E-state index contributed by atoms with van der Waals surface area (Å²) in [5.74, 6) is -0.658. The zero-order valence-corrected chi connectivity index (χ0v) is 15.4. The molecule has 28 heavy (non-hydrogen) atoms. The molecular formula is C21H21N3O4. The number of hydrogen-bond acceptors (Lipinski definition) is 5. The number of carbonyl (C=O) groups excluding carboxylic acids is 3. The predicted molar refractivity (Wildman–Crippen MR) is 106 cm³/mol. The van der Waals surface area contributed by atoms with Crippen LogP contribution >= 0.6 is 0 Å². The van der Waals surface area contributed by atoms with Crippen molar-refractivity contribution >= 4 is 34.8 Å². The van der Waals surface area contributed by atoms with Crippen LogP contribution in [0.1, 0.15) is 23.2 Å². The quantitative estimate of drug-likeness (QED) is 0.826. The van der Waals surface area contributed by atoms with Crippen LogP contribution in [0.5, 0.6) is 0 Å². The van der Waals surface area contributed by atoms with E-state index in [-0.39, 0.29) is 30.6 Å². The first-order chi connectivity index (χ1) is 13.6. The summed E-state index contributed by atoms with van der Waals surface area (Å²) in [6.45, 7) is 2.88. The Bertz CT molecular complexity index is 888. The molecule has 2 aliphatic rings. The molecule has 144 valence electrons. The minimum atomic E-state index is -0.244. The zero-order valence-electron chi connectivity index (χ0n) is 15.4. The number of imide groups is 1. The van der Waals surface area contributed by atoms with Crippen molar-refractivity contribution < 1.29 is 19.1 Å². The van der Waals surface area contributed by atoms with Gasteiger partial charge in [0.1, 0.15) is 0 Å². The fourth-order valence-electron chi connectivity index (χ4n) is 3.48. The number of anilines is 3. The summed E-state index contributed by atoms with van der Waals surface area (Å²) in [6.07, 6.45) is 0.471. The highest BCUT2D eigenvalue weighted by Gasteiger charge is 2.30. The minimum Gasteiger partial charge on any atom is -0.378 e. The summed E-state index contributed by atoms with van der Waals surface area (Å²) in [4.78, 5) is 39.8. The molecule has 0 spiro atoms. The molecule has 0 atom stereocenters. The van der Waals surface area contributed by atoms with E-state index >= 15 is 0 Å². The molecule has 0 saturated carbocycles. The second kappa shape index (κ2) is 7.82. The van der Waals surface area contributed by atoms with Crippen LogP contribution in [0, 0.1) is 0 Å². The highest BCUT2D eigenvalue weighted by Crippen LogP contribution is 2.27. The van der Waals surface area contributed by atoms with Gasteiger partial charge in [0, 0.05) is 31.5 Å². The van der Waals surface area contributed by atoms with Crippen LogP contribution < -0.4 is 15.1 Å². The number of morpholine rings is 1. The van der Waals surface area contributed by atoms with Gasteiger partial charge >= 0.3 is 0 Å².